The van der Waals surface area contributed by atoms with Gasteiger partial charge in [-0.15, -0.1) is 0 Å². The molecule has 114 valence electrons. The number of nitrogens with two attached hydrogens (primary N) is 1. The zero-order chi connectivity index (χ0) is 15.3. The lowest BCUT2D eigenvalue weighted by Crippen LogP contribution is -2.29. The predicted octanol–water partition coefficient (Wildman–Crippen LogP) is 2.71. The van der Waals surface area contributed by atoms with E-state index in [2.05, 4.69) is 15.1 Å². The molecule has 0 fully saturated rings. The van der Waals surface area contributed by atoms with Crippen molar-refractivity contribution in [2.24, 2.45) is 5.84 Å². The van der Waals surface area contributed by atoms with Crippen molar-refractivity contribution in [3.63, 3.8) is 0 Å². The van der Waals surface area contributed by atoms with Gasteiger partial charge in [-0.2, -0.15) is 13.2 Å². The molecule has 1 atom stereocenters. The van der Waals surface area contributed by atoms with Gasteiger partial charge in [0.1, 0.15) is 6.61 Å². The second-order valence-corrected chi connectivity index (χ2v) is 4.62. The normalized spacial score (nSPS) is 13.5. The standard InChI is InChI=1S/C14H16F3N3O/c15-14(16,17)9-21-7-5-13(20-18)12-3-1-2-10-8-19-6-4-11(10)12/h1-4,6,8,13,20H,5,7,9,18H2. The highest BCUT2D eigenvalue weighted by Crippen LogP contribution is 2.25. The molecular formula is C14H16F3N3O. The molecular weight excluding hydrogens is 283 g/mol. The van der Waals surface area contributed by atoms with Crippen molar-refractivity contribution in [2.45, 2.75) is 18.6 Å². The Hall–Kier alpha value is -1.70. The Balaban J connectivity index is 2.06. The summed E-state index contributed by atoms with van der Waals surface area (Å²) in [6.45, 7) is -1.28. The number of pyridine rings is 1. The third kappa shape index (κ3) is 4.38. The van der Waals surface area contributed by atoms with Crippen molar-refractivity contribution in [2.75, 3.05) is 13.2 Å². The number of nitrogens with one attached hydrogen (secondary N) is 1. The van der Waals surface area contributed by atoms with Crippen molar-refractivity contribution in [3.8, 4) is 0 Å². The number of aromatic nitrogens is 1. The first-order valence-corrected chi connectivity index (χ1v) is 6.44. The minimum atomic E-state index is -4.31. The van der Waals surface area contributed by atoms with Gasteiger partial charge in [0, 0.05) is 30.4 Å². The molecule has 3 N–H and O–H groups in total. The van der Waals surface area contributed by atoms with Crippen LogP contribution in [0.15, 0.2) is 36.7 Å². The van der Waals surface area contributed by atoms with Gasteiger partial charge in [0.2, 0.25) is 0 Å². The summed E-state index contributed by atoms with van der Waals surface area (Å²) in [5.41, 5.74) is 3.54. The van der Waals surface area contributed by atoms with Gasteiger partial charge in [0.15, 0.2) is 0 Å². The first kappa shape index (κ1) is 15.7. The molecule has 2 rings (SSSR count). The predicted molar refractivity (Wildman–Crippen MR) is 73.3 cm³/mol. The fraction of sp³-hybridized carbons (Fsp3) is 0.357. The minimum Gasteiger partial charge on any atom is -0.372 e. The summed E-state index contributed by atoms with van der Waals surface area (Å²) in [7, 11) is 0. The van der Waals surface area contributed by atoms with Gasteiger partial charge in [-0.05, 0) is 23.4 Å². The molecule has 7 heteroatoms. The number of ether oxygens (including phenoxy) is 1. The lowest BCUT2D eigenvalue weighted by molar-refractivity contribution is -0.174. The maximum atomic E-state index is 12.0. The van der Waals surface area contributed by atoms with Gasteiger partial charge in [-0.1, -0.05) is 18.2 Å². The monoisotopic (exact) mass is 299 g/mol. The zero-order valence-electron chi connectivity index (χ0n) is 11.2. The van der Waals surface area contributed by atoms with E-state index in [0.717, 1.165) is 16.3 Å². The second kappa shape index (κ2) is 6.84. The summed E-state index contributed by atoms with van der Waals surface area (Å²) < 4.78 is 40.7. The van der Waals surface area contributed by atoms with Crippen LogP contribution in [0.3, 0.4) is 0 Å². The summed E-state index contributed by atoms with van der Waals surface area (Å²) in [4.78, 5) is 4.04. The van der Waals surface area contributed by atoms with Crippen LogP contribution < -0.4 is 11.3 Å². The Kier molecular flexibility index (Phi) is 5.11. The molecule has 0 spiro atoms. The average Bonchev–Trinajstić information content (AvgIpc) is 2.46. The summed E-state index contributed by atoms with van der Waals surface area (Å²) in [5.74, 6) is 5.52. The van der Waals surface area contributed by atoms with Crippen molar-refractivity contribution in [1.82, 2.24) is 10.4 Å². The molecule has 0 aliphatic carbocycles. The second-order valence-electron chi connectivity index (χ2n) is 4.62. The number of halogens is 3. The van der Waals surface area contributed by atoms with E-state index < -0.39 is 12.8 Å². The van der Waals surface area contributed by atoms with Gasteiger partial charge in [0.05, 0.1) is 0 Å². The highest BCUT2D eigenvalue weighted by Gasteiger charge is 2.27. The Labute approximate surface area is 120 Å². The first-order chi connectivity index (χ1) is 10.0. The average molecular weight is 299 g/mol. The van der Waals surface area contributed by atoms with Crippen LogP contribution >= 0.6 is 0 Å². The van der Waals surface area contributed by atoms with Crippen molar-refractivity contribution in [1.29, 1.82) is 0 Å². The number of rotatable bonds is 6. The van der Waals surface area contributed by atoms with Gasteiger partial charge in [0.25, 0.3) is 0 Å². The molecule has 0 aliphatic heterocycles. The fourth-order valence-corrected chi connectivity index (χ4v) is 2.17. The van der Waals surface area contributed by atoms with E-state index in [9.17, 15) is 13.2 Å². The number of alkyl halides is 3. The number of hydrazine groups is 1. The number of nitrogens with zero attached hydrogens (tertiary/aromatic N) is 1. The van der Waals surface area contributed by atoms with Crippen LogP contribution in [0, 0.1) is 0 Å². The lowest BCUT2D eigenvalue weighted by atomic mass is 9.98. The molecule has 1 unspecified atom stereocenters. The molecule has 4 nitrogen and oxygen atoms in total. The molecule has 0 amide bonds. The molecule has 2 aromatic rings. The van der Waals surface area contributed by atoms with Crippen molar-refractivity contribution < 1.29 is 17.9 Å². The maximum Gasteiger partial charge on any atom is 0.411 e. The van der Waals surface area contributed by atoms with Gasteiger partial charge >= 0.3 is 6.18 Å². The van der Waals surface area contributed by atoms with Crippen LogP contribution in [0.5, 0.6) is 0 Å². The molecule has 0 saturated carbocycles. The molecule has 1 aromatic heterocycles. The summed E-state index contributed by atoms with van der Waals surface area (Å²) in [6.07, 6.45) is -0.573. The van der Waals surface area contributed by atoms with Crippen LogP contribution in [-0.4, -0.2) is 24.4 Å². The molecule has 0 radical (unpaired) electrons. The Morgan fingerprint density at radius 2 is 2.10 bits per heavy atom. The third-order valence-electron chi connectivity index (χ3n) is 3.11. The summed E-state index contributed by atoms with van der Waals surface area (Å²) in [5, 5.41) is 1.91. The smallest absolute Gasteiger partial charge is 0.372 e. The van der Waals surface area contributed by atoms with E-state index >= 15 is 0 Å². The maximum absolute atomic E-state index is 12.0. The largest absolute Gasteiger partial charge is 0.411 e. The molecule has 1 heterocycles. The van der Waals surface area contributed by atoms with Crippen LogP contribution in [0.2, 0.25) is 0 Å². The molecule has 0 aliphatic rings. The number of fused-ring (bicyclic) bond motifs is 1. The molecule has 1 aromatic carbocycles. The third-order valence-corrected chi connectivity index (χ3v) is 3.11. The van der Waals surface area contributed by atoms with Crippen LogP contribution in [0.25, 0.3) is 10.8 Å². The van der Waals surface area contributed by atoms with E-state index in [0.29, 0.717) is 6.42 Å². The highest BCUT2D eigenvalue weighted by molar-refractivity contribution is 5.85. The van der Waals surface area contributed by atoms with E-state index in [-0.39, 0.29) is 12.6 Å². The van der Waals surface area contributed by atoms with Crippen LogP contribution in [-0.2, 0) is 4.74 Å². The quantitative estimate of drug-likeness (QED) is 0.489. The number of benzene rings is 1. The van der Waals surface area contributed by atoms with Crippen molar-refractivity contribution >= 4 is 10.8 Å². The lowest BCUT2D eigenvalue weighted by Gasteiger charge is -2.18. The fourth-order valence-electron chi connectivity index (χ4n) is 2.17. The summed E-state index contributed by atoms with van der Waals surface area (Å²) in [6, 6.07) is 7.23. The topological polar surface area (TPSA) is 60.2 Å². The minimum absolute atomic E-state index is 0.0319. The Bertz CT molecular complexity index is 584. The highest BCUT2D eigenvalue weighted by atomic mass is 19.4. The van der Waals surface area contributed by atoms with E-state index in [4.69, 9.17) is 5.84 Å². The first-order valence-electron chi connectivity index (χ1n) is 6.44. The number of hydrogen-bond donors (Lipinski definition) is 2. The Morgan fingerprint density at radius 1 is 1.29 bits per heavy atom. The van der Waals surface area contributed by atoms with Gasteiger partial charge in [-0.3, -0.25) is 16.3 Å². The van der Waals surface area contributed by atoms with Crippen LogP contribution in [0.1, 0.15) is 18.0 Å². The van der Waals surface area contributed by atoms with E-state index in [1.807, 2.05) is 24.3 Å². The number of hydrogen-bond acceptors (Lipinski definition) is 4. The van der Waals surface area contributed by atoms with E-state index in [1.54, 1.807) is 12.4 Å². The van der Waals surface area contributed by atoms with Gasteiger partial charge < -0.3 is 4.74 Å². The summed E-state index contributed by atoms with van der Waals surface area (Å²) >= 11 is 0. The van der Waals surface area contributed by atoms with Crippen molar-refractivity contribution in [3.05, 3.63) is 42.2 Å². The van der Waals surface area contributed by atoms with E-state index in [1.165, 1.54) is 0 Å². The Morgan fingerprint density at radius 3 is 2.81 bits per heavy atom. The molecule has 21 heavy (non-hydrogen) atoms. The zero-order valence-corrected chi connectivity index (χ0v) is 11.2. The SMILES string of the molecule is NNC(CCOCC(F)(F)F)c1cccc2cnccc12. The van der Waals surface area contributed by atoms with Gasteiger partial charge in [-0.25, -0.2) is 0 Å². The molecule has 0 bridgehead atoms. The van der Waals surface area contributed by atoms with Crippen LogP contribution in [0.4, 0.5) is 13.2 Å². The molecule has 0 saturated heterocycles.